The number of furan rings is 1. The number of unbranched alkanes of at least 4 members (excludes halogenated alkanes) is 1. The summed E-state index contributed by atoms with van der Waals surface area (Å²) in [5.74, 6) is -0.0241. The first-order chi connectivity index (χ1) is 12.1. The number of anilines is 1. The maximum absolute atomic E-state index is 12.4. The first kappa shape index (κ1) is 17.3. The van der Waals surface area contributed by atoms with Crippen molar-refractivity contribution in [3.63, 3.8) is 0 Å². The van der Waals surface area contributed by atoms with Gasteiger partial charge in [0.15, 0.2) is 0 Å². The van der Waals surface area contributed by atoms with Crippen LogP contribution in [0.4, 0.5) is 5.69 Å². The predicted molar refractivity (Wildman–Crippen MR) is 103 cm³/mol. The number of amides is 1. The predicted octanol–water partition coefficient (Wildman–Crippen LogP) is 5.57. The Balaban J connectivity index is 1.69. The van der Waals surface area contributed by atoms with Gasteiger partial charge in [-0.05, 0) is 61.6 Å². The Bertz CT molecular complexity index is 875. The lowest BCUT2D eigenvalue weighted by molar-refractivity contribution is -0.115. The topological polar surface area (TPSA) is 42.2 Å². The molecule has 2 aromatic carbocycles. The molecule has 1 amide bonds. The number of hydrogen-bond acceptors (Lipinski definition) is 2. The number of rotatable bonds is 6. The molecule has 3 aromatic rings. The van der Waals surface area contributed by atoms with E-state index in [1.54, 1.807) is 6.26 Å². The summed E-state index contributed by atoms with van der Waals surface area (Å²) in [6.45, 7) is 6.30. The van der Waals surface area contributed by atoms with E-state index in [1.165, 1.54) is 24.0 Å². The summed E-state index contributed by atoms with van der Waals surface area (Å²) >= 11 is 0. The highest BCUT2D eigenvalue weighted by Gasteiger charge is 2.13. The molecule has 1 heterocycles. The van der Waals surface area contributed by atoms with Gasteiger partial charge in [0.1, 0.15) is 5.58 Å². The fourth-order valence-electron chi connectivity index (χ4n) is 3.27. The normalized spacial score (nSPS) is 11.0. The Morgan fingerprint density at radius 3 is 2.60 bits per heavy atom. The van der Waals surface area contributed by atoms with Crippen LogP contribution in [0.25, 0.3) is 11.0 Å². The van der Waals surface area contributed by atoms with Crippen LogP contribution in [0.15, 0.2) is 47.1 Å². The zero-order chi connectivity index (χ0) is 17.8. The standard InChI is InChI=1S/C22H25NO2/c1-4-5-6-17-7-9-19(10-8-17)23-21(24)13-18-14-25-20-12-15(2)11-16(3)22(18)20/h7-12,14H,4-6,13H2,1-3H3,(H,23,24). The van der Waals surface area contributed by atoms with Crippen LogP contribution < -0.4 is 5.32 Å². The number of hydrogen-bond donors (Lipinski definition) is 1. The smallest absolute Gasteiger partial charge is 0.228 e. The molecule has 3 heteroatoms. The highest BCUT2D eigenvalue weighted by atomic mass is 16.3. The molecule has 0 unspecified atom stereocenters. The van der Waals surface area contributed by atoms with Gasteiger partial charge >= 0.3 is 0 Å². The van der Waals surface area contributed by atoms with Crippen molar-refractivity contribution in [1.29, 1.82) is 0 Å². The maximum Gasteiger partial charge on any atom is 0.228 e. The van der Waals surface area contributed by atoms with E-state index in [1.807, 2.05) is 25.1 Å². The van der Waals surface area contributed by atoms with Crippen molar-refractivity contribution in [2.24, 2.45) is 0 Å². The highest BCUT2D eigenvalue weighted by molar-refractivity contribution is 5.96. The molecule has 1 aromatic heterocycles. The minimum atomic E-state index is -0.0241. The number of nitrogens with one attached hydrogen (secondary N) is 1. The van der Waals surface area contributed by atoms with Gasteiger partial charge in [0.25, 0.3) is 0 Å². The molecule has 0 saturated heterocycles. The third-order valence-electron chi connectivity index (χ3n) is 4.50. The van der Waals surface area contributed by atoms with Crippen molar-refractivity contribution in [2.75, 3.05) is 5.32 Å². The zero-order valence-electron chi connectivity index (χ0n) is 15.2. The van der Waals surface area contributed by atoms with Gasteiger partial charge in [0.05, 0.1) is 12.7 Å². The zero-order valence-corrected chi connectivity index (χ0v) is 15.2. The molecule has 0 spiro atoms. The van der Waals surface area contributed by atoms with Crippen molar-refractivity contribution in [3.05, 3.63) is 64.9 Å². The average Bonchev–Trinajstić information content (AvgIpc) is 2.97. The lowest BCUT2D eigenvalue weighted by Crippen LogP contribution is -2.14. The van der Waals surface area contributed by atoms with Gasteiger partial charge in [0.2, 0.25) is 5.91 Å². The largest absolute Gasteiger partial charge is 0.464 e. The van der Waals surface area contributed by atoms with E-state index in [0.717, 1.165) is 34.2 Å². The van der Waals surface area contributed by atoms with Crippen molar-refractivity contribution < 1.29 is 9.21 Å². The summed E-state index contributed by atoms with van der Waals surface area (Å²) in [6, 6.07) is 12.3. The second-order valence-corrected chi connectivity index (χ2v) is 6.74. The molecule has 130 valence electrons. The molecule has 0 radical (unpaired) electrons. The fraction of sp³-hybridized carbons (Fsp3) is 0.318. The van der Waals surface area contributed by atoms with E-state index in [4.69, 9.17) is 4.42 Å². The highest BCUT2D eigenvalue weighted by Crippen LogP contribution is 2.27. The van der Waals surface area contributed by atoms with Gasteiger partial charge < -0.3 is 9.73 Å². The molecule has 0 atom stereocenters. The lowest BCUT2D eigenvalue weighted by Gasteiger charge is -2.07. The van der Waals surface area contributed by atoms with E-state index in [2.05, 4.69) is 37.4 Å². The summed E-state index contributed by atoms with van der Waals surface area (Å²) in [6.07, 6.45) is 5.48. The van der Waals surface area contributed by atoms with Crippen molar-refractivity contribution in [3.8, 4) is 0 Å². The summed E-state index contributed by atoms with van der Waals surface area (Å²) in [5, 5.41) is 4.03. The van der Waals surface area contributed by atoms with E-state index in [-0.39, 0.29) is 5.91 Å². The van der Waals surface area contributed by atoms with Crippen LogP contribution in [0.5, 0.6) is 0 Å². The van der Waals surface area contributed by atoms with E-state index >= 15 is 0 Å². The minimum Gasteiger partial charge on any atom is -0.464 e. The second kappa shape index (κ2) is 7.56. The first-order valence-electron chi connectivity index (χ1n) is 8.93. The van der Waals surface area contributed by atoms with Crippen LogP contribution in [-0.4, -0.2) is 5.91 Å². The van der Waals surface area contributed by atoms with Crippen molar-refractivity contribution >= 4 is 22.6 Å². The monoisotopic (exact) mass is 335 g/mol. The Morgan fingerprint density at radius 1 is 1.12 bits per heavy atom. The van der Waals surface area contributed by atoms with Gasteiger partial charge in [-0.3, -0.25) is 4.79 Å². The van der Waals surface area contributed by atoms with Crippen LogP contribution in [0.2, 0.25) is 0 Å². The summed E-state index contributed by atoms with van der Waals surface area (Å²) in [5.41, 5.74) is 6.24. The molecule has 0 aliphatic rings. The molecular weight excluding hydrogens is 310 g/mol. The van der Waals surface area contributed by atoms with Gasteiger partial charge in [-0.25, -0.2) is 0 Å². The van der Waals surface area contributed by atoms with Crippen LogP contribution in [0, 0.1) is 13.8 Å². The quantitative estimate of drug-likeness (QED) is 0.639. The van der Waals surface area contributed by atoms with Crippen molar-refractivity contribution in [2.45, 2.75) is 46.5 Å². The van der Waals surface area contributed by atoms with Gasteiger partial charge in [-0.1, -0.05) is 31.5 Å². The Hall–Kier alpha value is -2.55. The van der Waals surface area contributed by atoms with Crippen LogP contribution in [-0.2, 0) is 17.6 Å². The molecule has 3 nitrogen and oxygen atoms in total. The Labute approximate surface area is 149 Å². The summed E-state index contributed by atoms with van der Waals surface area (Å²) in [4.78, 5) is 12.4. The molecule has 0 bridgehead atoms. The molecule has 3 rings (SSSR count). The third-order valence-corrected chi connectivity index (χ3v) is 4.50. The number of carbonyl (C=O) groups excluding carboxylic acids is 1. The number of aryl methyl sites for hydroxylation is 3. The van der Waals surface area contributed by atoms with Gasteiger partial charge in [0, 0.05) is 16.6 Å². The molecule has 0 aliphatic carbocycles. The first-order valence-corrected chi connectivity index (χ1v) is 8.93. The second-order valence-electron chi connectivity index (χ2n) is 6.74. The number of benzene rings is 2. The van der Waals surface area contributed by atoms with Gasteiger partial charge in [-0.15, -0.1) is 0 Å². The third kappa shape index (κ3) is 4.11. The Kier molecular flexibility index (Phi) is 5.22. The molecule has 0 fully saturated rings. The SMILES string of the molecule is CCCCc1ccc(NC(=O)Cc2coc3cc(C)cc(C)c23)cc1. The molecule has 0 saturated carbocycles. The maximum atomic E-state index is 12.4. The molecule has 25 heavy (non-hydrogen) atoms. The Morgan fingerprint density at radius 2 is 1.88 bits per heavy atom. The van der Waals surface area contributed by atoms with Crippen molar-refractivity contribution in [1.82, 2.24) is 0 Å². The van der Waals surface area contributed by atoms with Crippen LogP contribution in [0.3, 0.4) is 0 Å². The van der Waals surface area contributed by atoms with Gasteiger partial charge in [-0.2, -0.15) is 0 Å². The van der Waals surface area contributed by atoms with E-state index in [0.29, 0.717) is 6.42 Å². The molecule has 0 aliphatic heterocycles. The molecule has 1 N–H and O–H groups in total. The van der Waals surface area contributed by atoms with E-state index in [9.17, 15) is 4.79 Å². The minimum absolute atomic E-state index is 0.0241. The summed E-state index contributed by atoms with van der Waals surface area (Å²) in [7, 11) is 0. The van der Waals surface area contributed by atoms with E-state index < -0.39 is 0 Å². The molecular formula is C22H25NO2. The van der Waals surface area contributed by atoms with Crippen LogP contribution in [0.1, 0.15) is 42.0 Å². The van der Waals surface area contributed by atoms with Crippen LogP contribution >= 0.6 is 0 Å². The number of carbonyl (C=O) groups is 1. The fourth-order valence-corrected chi connectivity index (χ4v) is 3.27. The average molecular weight is 335 g/mol. The lowest BCUT2D eigenvalue weighted by atomic mass is 10.0. The number of fused-ring (bicyclic) bond motifs is 1. The summed E-state index contributed by atoms with van der Waals surface area (Å²) < 4.78 is 5.64.